The summed E-state index contributed by atoms with van der Waals surface area (Å²) in [7, 11) is 0. The zero-order valence-corrected chi connectivity index (χ0v) is 11.0. The molecule has 0 spiro atoms. The molecule has 1 atom stereocenters. The summed E-state index contributed by atoms with van der Waals surface area (Å²) >= 11 is 0. The smallest absolute Gasteiger partial charge is 0.0487 e. The topological polar surface area (TPSA) is 48.2 Å². The van der Waals surface area contributed by atoms with Gasteiger partial charge in [0, 0.05) is 6.04 Å². The third-order valence-electron chi connectivity index (χ3n) is 4.76. The quantitative estimate of drug-likeness (QED) is 0.539. The van der Waals surface area contributed by atoms with Crippen molar-refractivity contribution in [3.8, 4) is 0 Å². The van der Waals surface area contributed by atoms with Gasteiger partial charge in [-0.1, -0.05) is 56.6 Å². The Morgan fingerprint density at radius 3 is 2.12 bits per heavy atom. The summed E-state index contributed by atoms with van der Waals surface area (Å²) in [5.74, 6) is 1.67. The molecule has 0 aliphatic heterocycles. The lowest BCUT2D eigenvalue weighted by molar-refractivity contribution is 0.210. The first-order valence-electron chi connectivity index (χ1n) is 7.52. The van der Waals surface area contributed by atoms with Gasteiger partial charge in [-0.3, -0.25) is 5.43 Å². The van der Waals surface area contributed by atoms with Gasteiger partial charge >= 0.3 is 0 Å². The SMILES string of the molecule is N=NN[C@@H](CC1CCCCC1)C1CCCCC1. The van der Waals surface area contributed by atoms with Gasteiger partial charge in [0.15, 0.2) is 0 Å². The van der Waals surface area contributed by atoms with E-state index in [1.165, 1.54) is 70.6 Å². The van der Waals surface area contributed by atoms with Gasteiger partial charge in [0.05, 0.1) is 0 Å². The Morgan fingerprint density at radius 1 is 0.941 bits per heavy atom. The van der Waals surface area contributed by atoms with Crippen molar-refractivity contribution in [1.82, 2.24) is 5.43 Å². The van der Waals surface area contributed by atoms with Gasteiger partial charge in [-0.25, -0.2) is 0 Å². The fourth-order valence-electron chi connectivity index (χ4n) is 3.75. The normalized spacial score (nSPS) is 25.4. The van der Waals surface area contributed by atoms with E-state index < -0.39 is 0 Å². The summed E-state index contributed by atoms with van der Waals surface area (Å²) in [6, 6.07) is 0.482. The molecule has 0 radical (unpaired) electrons. The van der Waals surface area contributed by atoms with Gasteiger partial charge in [0.1, 0.15) is 0 Å². The van der Waals surface area contributed by atoms with E-state index in [4.69, 9.17) is 5.53 Å². The molecule has 2 aliphatic rings. The van der Waals surface area contributed by atoms with Crippen LogP contribution in [0, 0.1) is 17.4 Å². The van der Waals surface area contributed by atoms with Crippen LogP contribution in [0.2, 0.25) is 0 Å². The zero-order valence-electron chi connectivity index (χ0n) is 11.0. The van der Waals surface area contributed by atoms with Crippen LogP contribution in [-0.4, -0.2) is 6.04 Å². The van der Waals surface area contributed by atoms with E-state index in [1.807, 2.05) is 0 Å². The van der Waals surface area contributed by atoms with Crippen molar-refractivity contribution < 1.29 is 0 Å². The van der Waals surface area contributed by atoms with Crippen LogP contribution >= 0.6 is 0 Å². The molecule has 3 nitrogen and oxygen atoms in total. The van der Waals surface area contributed by atoms with Crippen LogP contribution < -0.4 is 5.43 Å². The van der Waals surface area contributed by atoms with Crippen molar-refractivity contribution in [2.75, 3.05) is 0 Å². The maximum absolute atomic E-state index is 7.08. The third-order valence-corrected chi connectivity index (χ3v) is 4.76. The number of hydrogen-bond acceptors (Lipinski definition) is 2. The van der Waals surface area contributed by atoms with Crippen LogP contribution in [0.5, 0.6) is 0 Å². The minimum absolute atomic E-state index is 0.482. The molecule has 0 aromatic carbocycles. The predicted molar refractivity (Wildman–Crippen MR) is 69.8 cm³/mol. The lowest BCUT2D eigenvalue weighted by atomic mass is 9.77. The Balaban J connectivity index is 1.83. The standard InChI is InChI=1S/C14H27N3/c15-17-16-14(13-9-5-2-6-10-13)11-12-7-3-1-4-8-12/h12-14H,1-11H2,(H2,15,16)/t14-/m0/s1. The molecule has 0 bridgehead atoms. The highest BCUT2D eigenvalue weighted by Crippen LogP contribution is 2.33. The Bertz CT molecular complexity index is 218. The first-order valence-corrected chi connectivity index (χ1v) is 7.52. The molecule has 0 heterocycles. The molecule has 0 aromatic heterocycles. The Kier molecular flexibility index (Phi) is 5.27. The van der Waals surface area contributed by atoms with Gasteiger partial charge in [-0.2, -0.15) is 5.53 Å². The van der Waals surface area contributed by atoms with Gasteiger partial charge < -0.3 is 0 Å². The Hall–Kier alpha value is -0.600. The lowest BCUT2D eigenvalue weighted by Gasteiger charge is -2.33. The Labute approximate surface area is 105 Å². The highest BCUT2D eigenvalue weighted by Gasteiger charge is 2.26. The van der Waals surface area contributed by atoms with Crippen LogP contribution in [0.15, 0.2) is 5.22 Å². The van der Waals surface area contributed by atoms with E-state index in [0.29, 0.717) is 6.04 Å². The predicted octanol–water partition coefficient (Wildman–Crippen LogP) is 4.44. The van der Waals surface area contributed by atoms with Crippen LogP contribution in [0.1, 0.15) is 70.6 Å². The van der Waals surface area contributed by atoms with E-state index in [1.54, 1.807) is 0 Å². The minimum Gasteiger partial charge on any atom is -0.289 e. The third kappa shape index (κ3) is 3.97. The van der Waals surface area contributed by atoms with Crippen LogP contribution in [0.4, 0.5) is 0 Å². The summed E-state index contributed by atoms with van der Waals surface area (Å²) in [6.07, 6.45) is 15.2. The van der Waals surface area contributed by atoms with Gasteiger partial charge in [-0.15, -0.1) is 0 Å². The van der Waals surface area contributed by atoms with E-state index >= 15 is 0 Å². The summed E-state index contributed by atoms with van der Waals surface area (Å²) in [6.45, 7) is 0. The highest BCUT2D eigenvalue weighted by molar-refractivity contribution is 4.81. The molecule has 2 aliphatic carbocycles. The lowest BCUT2D eigenvalue weighted by Crippen LogP contribution is -2.36. The van der Waals surface area contributed by atoms with E-state index in [9.17, 15) is 0 Å². The molecule has 98 valence electrons. The molecule has 0 amide bonds. The molecule has 2 rings (SSSR count). The molecule has 3 heteroatoms. The molecule has 2 N–H and O–H groups in total. The largest absolute Gasteiger partial charge is 0.289 e. The van der Waals surface area contributed by atoms with E-state index in [2.05, 4.69) is 10.6 Å². The second-order valence-electron chi connectivity index (χ2n) is 5.99. The molecule has 17 heavy (non-hydrogen) atoms. The fourth-order valence-corrected chi connectivity index (χ4v) is 3.75. The van der Waals surface area contributed by atoms with Crippen molar-refractivity contribution in [1.29, 1.82) is 5.53 Å². The number of nitrogens with zero attached hydrogens (tertiary/aromatic N) is 1. The molecule has 0 aromatic rings. The monoisotopic (exact) mass is 237 g/mol. The molecule has 0 unspecified atom stereocenters. The molecular weight excluding hydrogens is 210 g/mol. The van der Waals surface area contributed by atoms with Gasteiger partial charge in [-0.05, 0) is 31.1 Å². The molecule has 2 saturated carbocycles. The first kappa shape index (κ1) is 12.8. The van der Waals surface area contributed by atoms with Crippen molar-refractivity contribution in [2.45, 2.75) is 76.7 Å². The summed E-state index contributed by atoms with van der Waals surface area (Å²) < 4.78 is 0. The average Bonchev–Trinajstić information content (AvgIpc) is 2.40. The summed E-state index contributed by atoms with van der Waals surface area (Å²) in [5, 5.41) is 3.48. The number of hydrogen-bond donors (Lipinski definition) is 2. The fraction of sp³-hybridized carbons (Fsp3) is 1.00. The number of rotatable bonds is 5. The summed E-state index contributed by atoms with van der Waals surface area (Å²) in [5.41, 5.74) is 10.2. The van der Waals surface area contributed by atoms with E-state index in [0.717, 1.165) is 11.8 Å². The highest BCUT2D eigenvalue weighted by atomic mass is 15.4. The van der Waals surface area contributed by atoms with Gasteiger partial charge in [0.2, 0.25) is 0 Å². The maximum Gasteiger partial charge on any atom is 0.0487 e. The number of nitrogens with one attached hydrogen (secondary N) is 2. The van der Waals surface area contributed by atoms with E-state index in [-0.39, 0.29) is 0 Å². The van der Waals surface area contributed by atoms with Crippen molar-refractivity contribution >= 4 is 0 Å². The second-order valence-corrected chi connectivity index (χ2v) is 5.99. The van der Waals surface area contributed by atoms with Crippen molar-refractivity contribution in [2.24, 2.45) is 17.1 Å². The van der Waals surface area contributed by atoms with Crippen LogP contribution in [0.25, 0.3) is 0 Å². The minimum atomic E-state index is 0.482. The maximum atomic E-state index is 7.08. The van der Waals surface area contributed by atoms with Crippen molar-refractivity contribution in [3.63, 3.8) is 0 Å². The van der Waals surface area contributed by atoms with Gasteiger partial charge in [0.25, 0.3) is 0 Å². The molecular formula is C14H27N3. The zero-order chi connectivity index (χ0) is 11.9. The molecule has 0 saturated heterocycles. The van der Waals surface area contributed by atoms with Crippen LogP contribution in [-0.2, 0) is 0 Å². The summed E-state index contributed by atoms with van der Waals surface area (Å²) in [4.78, 5) is 0. The Morgan fingerprint density at radius 2 is 1.53 bits per heavy atom. The second kappa shape index (κ2) is 6.97. The van der Waals surface area contributed by atoms with Crippen LogP contribution in [0.3, 0.4) is 0 Å². The average molecular weight is 237 g/mol. The first-order chi connectivity index (χ1) is 8.40. The molecule has 2 fully saturated rings. The van der Waals surface area contributed by atoms with Crippen molar-refractivity contribution in [3.05, 3.63) is 0 Å².